The molecule has 2 amide bonds. The monoisotopic (exact) mass is 1020 g/mol. The van der Waals surface area contributed by atoms with Gasteiger partial charge in [0, 0.05) is 49.4 Å². The largest absolute Gasteiger partial charge is 0.497 e. The van der Waals surface area contributed by atoms with Crippen LogP contribution in [0.5, 0.6) is 28.7 Å². The molecule has 0 radical (unpaired) electrons. The first-order chi connectivity index (χ1) is 35.4. The first kappa shape index (κ1) is 51.1. The standard InChI is InChI=1S/C57H62N6O8S2/c1-6-69-61-56(65)47-36-73-53(60-47)34-62(31-42-18-24-48-50(26-42)68-37-67-48)29-40-14-20-44(21-15-40)57(3,4)28-54-70-49-25-19-43(27-51(49)71-54)32-63(30-41-16-22-45(66-5)23-17-41)33-52-59-46(35-72-52)55(64)58-38(2)12-13-39-10-8-7-9-11-39/h7-11,14-27,35-36,38,54H,6,12-13,28-34,37H2,1-5H3,(H,58,64)(H,61,65). The minimum atomic E-state index is -0.465. The highest BCUT2D eigenvalue weighted by molar-refractivity contribution is 7.10. The summed E-state index contributed by atoms with van der Waals surface area (Å²) in [5, 5.41) is 8.44. The summed E-state index contributed by atoms with van der Waals surface area (Å²) in [5.41, 5.74) is 9.77. The van der Waals surface area contributed by atoms with E-state index < -0.39 is 6.29 Å². The van der Waals surface area contributed by atoms with Crippen molar-refractivity contribution in [3.8, 4) is 28.7 Å². The van der Waals surface area contributed by atoms with E-state index in [0.717, 1.165) is 73.9 Å². The van der Waals surface area contributed by atoms with E-state index in [2.05, 4.69) is 106 Å². The summed E-state index contributed by atoms with van der Waals surface area (Å²) in [5.74, 6) is 3.21. The Bertz CT molecular complexity index is 2950. The molecule has 2 aromatic heterocycles. The number of amides is 2. The maximum absolute atomic E-state index is 13.3. The number of nitrogens with zero attached hydrogens (tertiary/aromatic N) is 4. The van der Waals surface area contributed by atoms with Gasteiger partial charge in [0.25, 0.3) is 11.8 Å². The summed E-state index contributed by atoms with van der Waals surface area (Å²) in [7, 11) is 1.67. The number of ether oxygens (including phenoxy) is 5. The number of thiazole rings is 2. The quantitative estimate of drug-likeness (QED) is 0.0556. The molecule has 2 unspecified atom stereocenters. The van der Waals surface area contributed by atoms with Gasteiger partial charge in [-0.2, -0.15) is 0 Å². The highest BCUT2D eigenvalue weighted by Crippen LogP contribution is 2.40. The van der Waals surface area contributed by atoms with Crippen molar-refractivity contribution in [1.29, 1.82) is 0 Å². The van der Waals surface area contributed by atoms with Gasteiger partial charge in [-0.25, -0.2) is 15.4 Å². The maximum atomic E-state index is 13.3. The summed E-state index contributed by atoms with van der Waals surface area (Å²) < 4.78 is 29.6. The molecule has 0 bridgehead atoms. The van der Waals surface area contributed by atoms with Crippen LogP contribution < -0.4 is 34.5 Å². The molecule has 0 spiro atoms. The smallest absolute Gasteiger partial charge is 0.294 e. The Morgan fingerprint density at radius 1 is 0.685 bits per heavy atom. The number of aromatic nitrogens is 2. The Morgan fingerprint density at radius 2 is 1.25 bits per heavy atom. The molecule has 0 fully saturated rings. The molecule has 7 aromatic rings. The molecule has 2 N–H and O–H groups in total. The van der Waals surface area contributed by atoms with E-state index in [9.17, 15) is 9.59 Å². The van der Waals surface area contributed by atoms with E-state index in [4.69, 9.17) is 33.5 Å². The third-order valence-corrected chi connectivity index (χ3v) is 14.5. The molecule has 0 aliphatic carbocycles. The molecule has 9 rings (SSSR count). The number of carbonyl (C=O) groups excluding carboxylic acids is 2. The Morgan fingerprint density at radius 3 is 1.89 bits per heavy atom. The molecule has 73 heavy (non-hydrogen) atoms. The summed E-state index contributed by atoms with van der Waals surface area (Å²) >= 11 is 2.95. The lowest BCUT2D eigenvalue weighted by Gasteiger charge is -2.28. The summed E-state index contributed by atoms with van der Waals surface area (Å²) in [6.07, 6.45) is 1.90. The molecule has 380 valence electrons. The predicted molar refractivity (Wildman–Crippen MR) is 282 cm³/mol. The van der Waals surface area contributed by atoms with Gasteiger partial charge in [-0.15, -0.1) is 22.7 Å². The second-order valence-electron chi connectivity index (χ2n) is 19.1. The summed E-state index contributed by atoms with van der Waals surface area (Å²) in [6, 6.07) is 39.4. The fraction of sp³-hybridized carbons (Fsp3) is 0.333. The van der Waals surface area contributed by atoms with Crippen LogP contribution in [-0.4, -0.2) is 64.4 Å². The fourth-order valence-electron chi connectivity index (χ4n) is 8.91. The van der Waals surface area contributed by atoms with Gasteiger partial charge in [-0.1, -0.05) is 92.7 Å². The number of carbonyl (C=O) groups is 2. The number of rotatable bonds is 24. The van der Waals surface area contributed by atoms with Crippen LogP contribution in [0.4, 0.5) is 0 Å². The zero-order valence-electron chi connectivity index (χ0n) is 41.9. The van der Waals surface area contributed by atoms with Gasteiger partial charge in [-0.05, 0) is 102 Å². The molecular formula is C57H62N6O8S2. The Kier molecular flexibility index (Phi) is 16.7. The maximum Gasteiger partial charge on any atom is 0.294 e. The van der Waals surface area contributed by atoms with Crippen molar-refractivity contribution in [3.05, 3.63) is 181 Å². The molecular weight excluding hydrogens is 961 g/mol. The lowest BCUT2D eigenvalue weighted by Crippen LogP contribution is -2.33. The fourth-order valence-corrected chi connectivity index (χ4v) is 10.5. The zero-order chi connectivity index (χ0) is 50.7. The van der Waals surface area contributed by atoms with E-state index in [0.29, 0.717) is 63.7 Å². The highest BCUT2D eigenvalue weighted by atomic mass is 32.1. The minimum Gasteiger partial charge on any atom is -0.497 e. The number of hydrogen-bond donors (Lipinski definition) is 2. The SMILES string of the molecule is CCONC(=O)c1csc(CN(Cc2ccc(C(C)(C)CC3Oc4ccc(CN(Cc5ccc(OC)cc5)Cc5nc(C(=O)NC(C)CCc6ccccc6)cs5)cc4O3)cc2)Cc2ccc3c(c2)OCO3)n1. The van der Waals surface area contributed by atoms with Crippen molar-refractivity contribution in [2.45, 2.75) is 104 Å². The van der Waals surface area contributed by atoms with Gasteiger partial charge >= 0.3 is 0 Å². The molecule has 2 atom stereocenters. The first-order valence-electron chi connectivity index (χ1n) is 24.6. The Hall–Kier alpha value is -6.82. The van der Waals surface area contributed by atoms with Crippen molar-refractivity contribution in [2.24, 2.45) is 0 Å². The third kappa shape index (κ3) is 13.8. The number of hydrogen-bond acceptors (Lipinski definition) is 14. The normalized spacial score (nSPS) is 14.2. The van der Waals surface area contributed by atoms with Gasteiger partial charge < -0.3 is 29.0 Å². The summed E-state index contributed by atoms with van der Waals surface area (Å²) in [6.45, 7) is 12.5. The van der Waals surface area contributed by atoms with Gasteiger partial charge in [0.1, 0.15) is 27.2 Å². The number of benzene rings is 5. The zero-order valence-corrected chi connectivity index (χ0v) is 43.6. The van der Waals surface area contributed by atoms with Gasteiger partial charge in [0.05, 0.1) is 26.8 Å². The second kappa shape index (κ2) is 23.8. The predicted octanol–water partition coefficient (Wildman–Crippen LogP) is 10.6. The van der Waals surface area contributed by atoms with E-state index in [1.807, 2.05) is 67.8 Å². The number of fused-ring (bicyclic) bond motifs is 2. The van der Waals surface area contributed by atoms with E-state index >= 15 is 0 Å². The minimum absolute atomic E-state index is 0.0108. The van der Waals surface area contributed by atoms with Crippen LogP contribution in [0.25, 0.3) is 0 Å². The molecule has 0 saturated heterocycles. The molecule has 4 heterocycles. The van der Waals surface area contributed by atoms with Crippen molar-refractivity contribution in [1.82, 2.24) is 30.6 Å². The third-order valence-electron chi connectivity index (χ3n) is 12.8. The van der Waals surface area contributed by atoms with Crippen molar-refractivity contribution in [3.63, 3.8) is 0 Å². The lowest BCUT2D eigenvalue weighted by molar-refractivity contribution is 0.0248. The first-order valence-corrected chi connectivity index (χ1v) is 26.4. The molecule has 2 aliphatic rings. The number of nitrogens with one attached hydrogen (secondary N) is 2. The van der Waals surface area contributed by atoms with Crippen LogP contribution >= 0.6 is 22.7 Å². The van der Waals surface area contributed by atoms with Crippen LogP contribution in [0.2, 0.25) is 0 Å². The molecule has 2 aliphatic heterocycles. The Labute approximate surface area is 435 Å². The average molecular weight is 1020 g/mol. The van der Waals surface area contributed by atoms with Crippen molar-refractivity contribution < 1.29 is 38.1 Å². The topological polar surface area (TPSA) is 146 Å². The lowest BCUT2D eigenvalue weighted by atomic mass is 9.81. The van der Waals surface area contributed by atoms with Gasteiger partial charge in [0.2, 0.25) is 13.1 Å². The molecule has 14 nitrogen and oxygen atoms in total. The van der Waals surface area contributed by atoms with E-state index in [1.54, 1.807) is 12.5 Å². The average Bonchev–Trinajstić information content (AvgIpc) is 4.24. The van der Waals surface area contributed by atoms with E-state index in [1.165, 1.54) is 33.8 Å². The number of methoxy groups -OCH3 is 1. The van der Waals surface area contributed by atoms with Crippen LogP contribution in [0.1, 0.15) is 105 Å². The highest BCUT2D eigenvalue weighted by Gasteiger charge is 2.33. The van der Waals surface area contributed by atoms with E-state index in [-0.39, 0.29) is 30.1 Å². The summed E-state index contributed by atoms with van der Waals surface area (Å²) in [4.78, 5) is 45.0. The molecule has 5 aromatic carbocycles. The van der Waals surface area contributed by atoms with Crippen molar-refractivity contribution in [2.75, 3.05) is 20.5 Å². The Balaban J connectivity index is 0.825. The molecule has 16 heteroatoms. The number of hydroxylamine groups is 1. The van der Waals surface area contributed by atoms with Crippen LogP contribution in [-0.2, 0) is 55.9 Å². The van der Waals surface area contributed by atoms with Crippen LogP contribution in [0.3, 0.4) is 0 Å². The number of aryl methyl sites for hydroxylation is 1. The van der Waals surface area contributed by atoms with Gasteiger partial charge in [0.15, 0.2) is 23.0 Å². The molecule has 0 saturated carbocycles. The second-order valence-corrected chi connectivity index (χ2v) is 21.0. The van der Waals surface area contributed by atoms with Crippen LogP contribution in [0, 0.1) is 0 Å². The van der Waals surface area contributed by atoms with Crippen molar-refractivity contribution >= 4 is 34.5 Å². The van der Waals surface area contributed by atoms with Crippen LogP contribution in [0.15, 0.2) is 126 Å². The van der Waals surface area contributed by atoms with Gasteiger partial charge in [-0.3, -0.25) is 24.2 Å².